The number of rotatable bonds is 6. The summed E-state index contributed by atoms with van der Waals surface area (Å²) in [5, 5.41) is 4.56. The lowest BCUT2D eigenvalue weighted by Crippen LogP contribution is -2.18. The minimum atomic E-state index is -0.286. The fourth-order valence-corrected chi connectivity index (χ4v) is 3.79. The Bertz CT molecular complexity index is 1370. The van der Waals surface area contributed by atoms with Gasteiger partial charge in [-0.3, -0.25) is 4.98 Å². The van der Waals surface area contributed by atoms with E-state index >= 15 is 0 Å². The molecule has 0 aliphatic rings. The van der Waals surface area contributed by atoms with Gasteiger partial charge in [-0.05, 0) is 30.3 Å². The van der Waals surface area contributed by atoms with Crippen molar-refractivity contribution in [3.05, 3.63) is 96.8 Å². The number of nitrogens with zero attached hydrogens (tertiary/aromatic N) is 5. The number of hydrogen-bond acceptors (Lipinski definition) is 6. The summed E-state index contributed by atoms with van der Waals surface area (Å²) in [5.74, 6) is 2.95. The van der Waals surface area contributed by atoms with E-state index in [9.17, 15) is 0 Å². The second-order valence-corrected chi connectivity index (χ2v) is 7.37. The van der Waals surface area contributed by atoms with Gasteiger partial charge in [0.2, 0.25) is 0 Å². The lowest BCUT2D eigenvalue weighted by atomic mass is 10.0. The number of anilines is 1. The van der Waals surface area contributed by atoms with Gasteiger partial charge < -0.3 is 14.6 Å². The van der Waals surface area contributed by atoms with Gasteiger partial charge in [-0.25, -0.2) is 15.0 Å². The van der Waals surface area contributed by atoms with Crippen molar-refractivity contribution in [3.63, 3.8) is 0 Å². The molecular formula is C25H22N6O. The summed E-state index contributed by atoms with van der Waals surface area (Å²) in [5.41, 5.74) is 2.67. The van der Waals surface area contributed by atoms with Crippen molar-refractivity contribution in [1.29, 1.82) is 0 Å². The smallest absolute Gasteiger partial charge is 0.163 e. The molecule has 0 aliphatic carbocycles. The molecule has 0 fully saturated rings. The molecule has 0 amide bonds. The van der Waals surface area contributed by atoms with Gasteiger partial charge in [-0.1, -0.05) is 30.3 Å². The van der Waals surface area contributed by atoms with E-state index in [-0.39, 0.29) is 6.04 Å². The first kappa shape index (κ1) is 19.7. The maximum atomic E-state index is 5.66. The van der Waals surface area contributed by atoms with E-state index < -0.39 is 0 Å². The fourth-order valence-electron chi connectivity index (χ4n) is 3.79. The maximum absolute atomic E-state index is 5.66. The molecule has 5 aromatic rings. The van der Waals surface area contributed by atoms with E-state index in [4.69, 9.17) is 14.7 Å². The third-order valence-electron chi connectivity index (χ3n) is 5.37. The van der Waals surface area contributed by atoms with Crippen LogP contribution in [-0.4, -0.2) is 31.6 Å². The quantitative estimate of drug-likeness (QED) is 0.430. The first-order valence-corrected chi connectivity index (χ1v) is 10.3. The van der Waals surface area contributed by atoms with Crippen molar-refractivity contribution in [2.75, 3.05) is 12.4 Å². The van der Waals surface area contributed by atoms with Gasteiger partial charge in [0.25, 0.3) is 0 Å². The van der Waals surface area contributed by atoms with Crippen LogP contribution in [0, 0.1) is 0 Å². The Morgan fingerprint density at radius 3 is 2.56 bits per heavy atom. The van der Waals surface area contributed by atoms with Gasteiger partial charge in [-0.15, -0.1) is 0 Å². The molecule has 7 heteroatoms. The van der Waals surface area contributed by atoms with Gasteiger partial charge in [0.15, 0.2) is 5.82 Å². The van der Waals surface area contributed by atoms with E-state index in [0.717, 1.165) is 33.6 Å². The number of imidazole rings is 1. The third-order valence-corrected chi connectivity index (χ3v) is 5.37. The average molecular weight is 422 g/mol. The van der Waals surface area contributed by atoms with Crippen molar-refractivity contribution >= 4 is 16.7 Å². The lowest BCUT2D eigenvalue weighted by molar-refractivity contribution is 0.408. The fraction of sp³-hybridized carbons (Fsp3) is 0.120. The number of aromatic nitrogens is 5. The van der Waals surface area contributed by atoms with Crippen LogP contribution in [0.1, 0.15) is 17.4 Å². The molecular weight excluding hydrogens is 400 g/mol. The SMILES string of the molecule is COc1ccccc1C(Nc1nc(-c2cccnc2)nc2ccccc12)c1nccn1C. The van der Waals surface area contributed by atoms with Crippen LogP contribution >= 0.6 is 0 Å². The average Bonchev–Trinajstić information content (AvgIpc) is 3.28. The molecule has 3 aromatic heterocycles. The summed E-state index contributed by atoms with van der Waals surface area (Å²) in [6.07, 6.45) is 7.23. The van der Waals surface area contributed by atoms with Crippen LogP contribution in [0.25, 0.3) is 22.3 Å². The summed E-state index contributed by atoms with van der Waals surface area (Å²) >= 11 is 0. The zero-order valence-electron chi connectivity index (χ0n) is 17.8. The summed E-state index contributed by atoms with van der Waals surface area (Å²) < 4.78 is 7.66. The highest BCUT2D eigenvalue weighted by atomic mass is 16.5. The molecule has 1 unspecified atom stereocenters. The van der Waals surface area contributed by atoms with Crippen molar-refractivity contribution in [1.82, 2.24) is 24.5 Å². The molecule has 0 spiro atoms. The molecule has 1 atom stereocenters. The van der Waals surface area contributed by atoms with E-state index in [1.807, 2.05) is 78.5 Å². The Kier molecular flexibility index (Phi) is 5.21. The van der Waals surface area contributed by atoms with Crippen LogP contribution in [-0.2, 0) is 7.05 Å². The van der Waals surface area contributed by atoms with Crippen LogP contribution in [0.15, 0.2) is 85.5 Å². The highest BCUT2D eigenvalue weighted by Crippen LogP contribution is 2.34. The molecule has 2 aromatic carbocycles. The molecule has 0 saturated heterocycles. The summed E-state index contributed by atoms with van der Waals surface area (Å²) in [6.45, 7) is 0. The zero-order valence-corrected chi connectivity index (χ0v) is 17.8. The second kappa shape index (κ2) is 8.47. The molecule has 3 heterocycles. The van der Waals surface area contributed by atoms with Gasteiger partial charge in [0.05, 0.1) is 12.6 Å². The normalized spacial score (nSPS) is 11.9. The molecule has 0 aliphatic heterocycles. The van der Waals surface area contributed by atoms with Crippen molar-refractivity contribution in [3.8, 4) is 17.1 Å². The van der Waals surface area contributed by atoms with E-state index in [1.165, 1.54) is 0 Å². The predicted octanol–water partition coefficient (Wildman–Crippen LogP) is 4.64. The van der Waals surface area contributed by atoms with Crippen molar-refractivity contribution in [2.24, 2.45) is 7.05 Å². The largest absolute Gasteiger partial charge is 0.496 e. The minimum Gasteiger partial charge on any atom is -0.496 e. The summed E-state index contributed by atoms with van der Waals surface area (Å²) in [6, 6.07) is 19.5. The monoisotopic (exact) mass is 422 g/mol. The molecule has 32 heavy (non-hydrogen) atoms. The number of aryl methyl sites for hydroxylation is 1. The highest BCUT2D eigenvalue weighted by molar-refractivity contribution is 5.90. The van der Waals surface area contributed by atoms with E-state index in [2.05, 4.69) is 15.3 Å². The first-order valence-electron chi connectivity index (χ1n) is 10.3. The number of methoxy groups -OCH3 is 1. The van der Waals surface area contributed by atoms with Crippen LogP contribution in [0.2, 0.25) is 0 Å². The number of fused-ring (bicyclic) bond motifs is 1. The van der Waals surface area contributed by atoms with Gasteiger partial charge >= 0.3 is 0 Å². The van der Waals surface area contributed by atoms with Crippen LogP contribution in [0.4, 0.5) is 5.82 Å². The lowest BCUT2D eigenvalue weighted by Gasteiger charge is -2.22. The van der Waals surface area contributed by atoms with Gasteiger partial charge in [-0.2, -0.15) is 0 Å². The Morgan fingerprint density at radius 2 is 1.78 bits per heavy atom. The standard InChI is InChI=1S/C25H22N6O/c1-31-15-14-27-25(31)22(19-10-4-6-12-21(19)32-2)29-24-18-9-3-5-11-20(18)28-23(30-24)17-8-7-13-26-16-17/h3-16,22H,1-2H3,(H,28,29,30). The Labute approximate surface area is 185 Å². The molecule has 0 bridgehead atoms. The maximum Gasteiger partial charge on any atom is 0.163 e. The van der Waals surface area contributed by atoms with Gasteiger partial charge in [0.1, 0.15) is 23.4 Å². The number of pyridine rings is 1. The van der Waals surface area contributed by atoms with Gasteiger partial charge in [0, 0.05) is 48.3 Å². The molecule has 158 valence electrons. The predicted molar refractivity (Wildman–Crippen MR) is 124 cm³/mol. The molecule has 0 radical (unpaired) electrons. The highest BCUT2D eigenvalue weighted by Gasteiger charge is 2.23. The molecule has 7 nitrogen and oxygen atoms in total. The number of para-hydroxylation sites is 2. The first-order chi connectivity index (χ1) is 15.7. The van der Waals surface area contributed by atoms with E-state index in [0.29, 0.717) is 11.6 Å². The molecule has 0 saturated carbocycles. The number of benzene rings is 2. The van der Waals surface area contributed by atoms with Crippen LogP contribution < -0.4 is 10.1 Å². The zero-order chi connectivity index (χ0) is 21.9. The minimum absolute atomic E-state index is 0.286. The number of ether oxygens (including phenoxy) is 1. The summed E-state index contributed by atoms with van der Waals surface area (Å²) in [4.78, 5) is 18.5. The topological polar surface area (TPSA) is 77.8 Å². The summed E-state index contributed by atoms with van der Waals surface area (Å²) in [7, 11) is 3.65. The third kappa shape index (κ3) is 3.65. The number of nitrogens with one attached hydrogen (secondary N) is 1. The molecule has 5 rings (SSSR count). The Balaban J connectivity index is 1.69. The Hall–Kier alpha value is -4.26. The van der Waals surface area contributed by atoms with Crippen molar-refractivity contribution < 1.29 is 4.74 Å². The Morgan fingerprint density at radius 1 is 0.938 bits per heavy atom. The van der Waals surface area contributed by atoms with E-state index in [1.54, 1.807) is 25.7 Å². The molecule has 1 N–H and O–H groups in total. The van der Waals surface area contributed by atoms with Crippen LogP contribution in [0.3, 0.4) is 0 Å². The van der Waals surface area contributed by atoms with Crippen LogP contribution in [0.5, 0.6) is 5.75 Å². The number of hydrogen-bond donors (Lipinski definition) is 1. The second-order valence-electron chi connectivity index (χ2n) is 7.37. The van der Waals surface area contributed by atoms with Crippen molar-refractivity contribution in [2.45, 2.75) is 6.04 Å².